The van der Waals surface area contributed by atoms with Crippen LogP contribution in [0.2, 0.25) is 5.22 Å². The van der Waals surface area contributed by atoms with Crippen molar-refractivity contribution in [3.05, 3.63) is 52.9 Å². The Labute approximate surface area is 123 Å². The summed E-state index contributed by atoms with van der Waals surface area (Å²) in [6, 6.07) is 10.1. The van der Waals surface area contributed by atoms with E-state index in [0.29, 0.717) is 11.7 Å². The number of nitrogens with one attached hydrogen (secondary N) is 1. The lowest BCUT2D eigenvalue weighted by atomic mass is 10.0. The first kappa shape index (κ1) is 15.1. The molecule has 0 amide bonds. The van der Waals surface area contributed by atoms with Gasteiger partial charge in [0.1, 0.15) is 5.76 Å². The van der Waals surface area contributed by atoms with E-state index in [2.05, 4.69) is 18.6 Å². The fourth-order valence-electron chi connectivity index (χ4n) is 1.73. The maximum Gasteiger partial charge on any atom is 0.240 e. The highest BCUT2D eigenvalue weighted by molar-refractivity contribution is 7.89. The topological polar surface area (TPSA) is 59.3 Å². The Morgan fingerprint density at radius 2 is 1.80 bits per heavy atom. The third-order valence-electron chi connectivity index (χ3n) is 2.92. The first-order valence-electron chi connectivity index (χ1n) is 6.22. The average molecular weight is 314 g/mol. The van der Waals surface area contributed by atoms with Gasteiger partial charge in [-0.25, -0.2) is 13.1 Å². The average Bonchev–Trinajstić information content (AvgIpc) is 2.82. The van der Waals surface area contributed by atoms with Crippen LogP contribution in [0.25, 0.3) is 0 Å². The molecule has 0 atom stereocenters. The van der Waals surface area contributed by atoms with Gasteiger partial charge in [-0.3, -0.25) is 0 Å². The lowest BCUT2D eigenvalue weighted by Crippen LogP contribution is -2.23. The number of benzene rings is 1. The van der Waals surface area contributed by atoms with E-state index in [1.807, 2.05) is 12.1 Å². The molecule has 0 spiro atoms. The number of hydrogen-bond donors (Lipinski definition) is 1. The molecular formula is C14H16ClNO3S. The smallest absolute Gasteiger partial charge is 0.240 e. The Kier molecular flexibility index (Phi) is 4.52. The third-order valence-corrected chi connectivity index (χ3v) is 4.54. The van der Waals surface area contributed by atoms with E-state index >= 15 is 0 Å². The first-order chi connectivity index (χ1) is 9.38. The quantitative estimate of drug-likeness (QED) is 0.918. The molecule has 1 aromatic heterocycles. The van der Waals surface area contributed by atoms with Gasteiger partial charge in [0.15, 0.2) is 5.22 Å². The predicted octanol–water partition coefficient (Wildman–Crippen LogP) is 3.53. The summed E-state index contributed by atoms with van der Waals surface area (Å²) in [5.41, 5.74) is 1.10. The van der Waals surface area contributed by atoms with Gasteiger partial charge in [-0.05, 0) is 47.3 Å². The molecule has 0 saturated carbocycles. The predicted molar refractivity (Wildman–Crippen MR) is 78.3 cm³/mol. The molecule has 1 heterocycles. The summed E-state index contributed by atoms with van der Waals surface area (Å²) < 4.78 is 31.8. The van der Waals surface area contributed by atoms with Gasteiger partial charge in [0.25, 0.3) is 0 Å². The van der Waals surface area contributed by atoms with Crippen molar-refractivity contribution in [2.24, 2.45) is 0 Å². The van der Waals surface area contributed by atoms with Crippen LogP contribution in [-0.2, 0) is 16.6 Å². The summed E-state index contributed by atoms with van der Waals surface area (Å²) in [4.78, 5) is 0.236. The van der Waals surface area contributed by atoms with Crippen LogP contribution in [-0.4, -0.2) is 8.42 Å². The van der Waals surface area contributed by atoms with Crippen molar-refractivity contribution in [2.75, 3.05) is 0 Å². The fraction of sp³-hybridized carbons (Fsp3) is 0.286. The molecule has 0 aliphatic rings. The van der Waals surface area contributed by atoms with Crippen molar-refractivity contribution in [3.8, 4) is 0 Å². The molecule has 4 nitrogen and oxygen atoms in total. The van der Waals surface area contributed by atoms with Crippen LogP contribution in [0, 0.1) is 0 Å². The third kappa shape index (κ3) is 3.62. The fourth-order valence-corrected chi connectivity index (χ4v) is 2.88. The molecule has 20 heavy (non-hydrogen) atoms. The van der Waals surface area contributed by atoms with Gasteiger partial charge in [0, 0.05) is 0 Å². The van der Waals surface area contributed by atoms with Gasteiger partial charge >= 0.3 is 0 Å². The molecule has 108 valence electrons. The molecule has 2 rings (SSSR count). The van der Waals surface area contributed by atoms with Crippen molar-refractivity contribution in [3.63, 3.8) is 0 Å². The molecule has 0 aliphatic heterocycles. The number of hydrogen-bond acceptors (Lipinski definition) is 3. The minimum Gasteiger partial charge on any atom is -0.448 e. The van der Waals surface area contributed by atoms with Gasteiger partial charge < -0.3 is 4.42 Å². The summed E-state index contributed by atoms with van der Waals surface area (Å²) in [5.74, 6) is 0.836. The van der Waals surface area contributed by atoms with E-state index in [1.54, 1.807) is 24.3 Å². The molecule has 0 bridgehead atoms. The summed E-state index contributed by atoms with van der Waals surface area (Å²) in [7, 11) is -3.54. The highest BCUT2D eigenvalue weighted by atomic mass is 35.5. The van der Waals surface area contributed by atoms with Crippen LogP contribution in [0.1, 0.15) is 31.1 Å². The van der Waals surface area contributed by atoms with E-state index in [9.17, 15) is 8.42 Å². The SMILES string of the molecule is CC(C)c1ccc(S(=O)(=O)NCc2ccc(Cl)o2)cc1. The lowest BCUT2D eigenvalue weighted by Gasteiger charge is -2.08. The minimum atomic E-state index is -3.54. The largest absolute Gasteiger partial charge is 0.448 e. The van der Waals surface area contributed by atoms with Gasteiger partial charge in [0.2, 0.25) is 10.0 Å². The Balaban J connectivity index is 2.09. The summed E-state index contributed by atoms with van der Waals surface area (Å²) in [5, 5.41) is 0.237. The van der Waals surface area contributed by atoms with E-state index in [-0.39, 0.29) is 16.7 Å². The Bertz CT molecular complexity index is 675. The highest BCUT2D eigenvalue weighted by Gasteiger charge is 2.14. The van der Waals surface area contributed by atoms with Crippen molar-refractivity contribution in [1.29, 1.82) is 0 Å². The van der Waals surface area contributed by atoms with E-state index in [4.69, 9.17) is 16.0 Å². The summed E-state index contributed by atoms with van der Waals surface area (Å²) in [6.45, 7) is 4.19. The van der Waals surface area contributed by atoms with Crippen LogP contribution in [0.15, 0.2) is 45.7 Å². The second kappa shape index (κ2) is 5.99. The molecule has 0 fully saturated rings. The van der Waals surface area contributed by atoms with Crippen LogP contribution < -0.4 is 4.72 Å². The van der Waals surface area contributed by atoms with E-state index < -0.39 is 10.0 Å². The van der Waals surface area contributed by atoms with Crippen LogP contribution >= 0.6 is 11.6 Å². The molecular weight excluding hydrogens is 298 g/mol. The number of halogens is 1. The second-order valence-corrected chi connectivity index (χ2v) is 6.89. The molecule has 0 unspecified atom stereocenters. The molecule has 1 aromatic carbocycles. The summed E-state index contributed by atoms with van der Waals surface area (Å²) >= 11 is 5.63. The van der Waals surface area contributed by atoms with Crippen molar-refractivity contribution in [2.45, 2.75) is 31.2 Å². The number of furan rings is 1. The zero-order valence-corrected chi connectivity index (χ0v) is 12.8. The monoisotopic (exact) mass is 313 g/mol. The van der Waals surface area contributed by atoms with Crippen molar-refractivity contribution in [1.82, 2.24) is 4.72 Å². The Hall–Kier alpha value is -1.30. The minimum absolute atomic E-state index is 0.0704. The standard InChI is InChI=1S/C14H16ClNO3S/c1-10(2)11-3-6-13(7-4-11)20(17,18)16-9-12-5-8-14(15)19-12/h3-8,10,16H,9H2,1-2H3. The normalized spacial score (nSPS) is 12.0. The zero-order chi connectivity index (χ0) is 14.8. The molecule has 0 saturated heterocycles. The van der Waals surface area contributed by atoms with Gasteiger partial charge in [-0.15, -0.1) is 0 Å². The Morgan fingerprint density at radius 1 is 1.15 bits per heavy atom. The van der Waals surface area contributed by atoms with Crippen molar-refractivity contribution < 1.29 is 12.8 Å². The molecule has 0 aliphatic carbocycles. The molecule has 6 heteroatoms. The second-order valence-electron chi connectivity index (χ2n) is 4.75. The van der Waals surface area contributed by atoms with Crippen LogP contribution in [0.4, 0.5) is 0 Å². The van der Waals surface area contributed by atoms with Crippen LogP contribution in [0.5, 0.6) is 0 Å². The lowest BCUT2D eigenvalue weighted by molar-refractivity contribution is 0.500. The van der Waals surface area contributed by atoms with E-state index in [0.717, 1.165) is 5.56 Å². The van der Waals surface area contributed by atoms with Crippen LogP contribution in [0.3, 0.4) is 0 Å². The van der Waals surface area contributed by atoms with Crippen molar-refractivity contribution >= 4 is 21.6 Å². The maximum absolute atomic E-state index is 12.1. The highest BCUT2D eigenvalue weighted by Crippen LogP contribution is 2.18. The first-order valence-corrected chi connectivity index (χ1v) is 8.08. The van der Waals surface area contributed by atoms with Gasteiger partial charge in [0.05, 0.1) is 11.4 Å². The number of sulfonamides is 1. The molecule has 1 N–H and O–H groups in total. The Morgan fingerprint density at radius 3 is 2.30 bits per heavy atom. The molecule has 2 aromatic rings. The maximum atomic E-state index is 12.1. The van der Waals surface area contributed by atoms with Gasteiger partial charge in [-0.1, -0.05) is 26.0 Å². The number of rotatable bonds is 5. The molecule has 0 radical (unpaired) electrons. The van der Waals surface area contributed by atoms with Gasteiger partial charge in [-0.2, -0.15) is 0 Å². The summed E-state index contributed by atoms with van der Waals surface area (Å²) in [6.07, 6.45) is 0. The van der Waals surface area contributed by atoms with E-state index in [1.165, 1.54) is 0 Å². The zero-order valence-electron chi connectivity index (χ0n) is 11.3.